The highest BCUT2D eigenvalue weighted by Crippen LogP contribution is 2.24. The Morgan fingerprint density at radius 1 is 1.42 bits per heavy atom. The molecule has 1 aromatic rings. The minimum atomic E-state index is -0.224. The first-order valence-corrected chi connectivity index (χ1v) is 6.64. The number of amides is 2. The number of pyridine rings is 1. The standard InChI is InChI=1S/C14H17N3O2/c1-10-4-5-15-7-11(10)8-16-9-13(18)17-6-2-3-12(17)14(16)19/h4-5,7,12H,2-3,6,8-9H2,1H3. The van der Waals surface area contributed by atoms with Gasteiger partial charge < -0.3 is 9.80 Å². The molecule has 100 valence electrons. The number of piperazine rings is 1. The lowest BCUT2D eigenvalue weighted by Gasteiger charge is -2.36. The molecule has 2 saturated heterocycles. The molecule has 0 saturated carbocycles. The van der Waals surface area contributed by atoms with Gasteiger partial charge in [0.15, 0.2) is 0 Å². The minimum Gasteiger partial charge on any atom is -0.329 e. The van der Waals surface area contributed by atoms with Crippen molar-refractivity contribution in [1.29, 1.82) is 0 Å². The fourth-order valence-corrected chi connectivity index (χ4v) is 2.87. The van der Waals surface area contributed by atoms with Gasteiger partial charge in [-0.1, -0.05) is 0 Å². The van der Waals surface area contributed by atoms with Gasteiger partial charge in [-0.15, -0.1) is 0 Å². The highest BCUT2D eigenvalue weighted by atomic mass is 16.2. The summed E-state index contributed by atoms with van der Waals surface area (Å²) in [5, 5.41) is 0. The van der Waals surface area contributed by atoms with Gasteiger partial charge in [-0.05, 0) is 37.0 Å². The van der Waals surface area contributed by atoms with E-state index in [1.54, 1.807) is 22.2 Å². The molecule has 0 aliphatic carbocycles. The van der Waals surface area contributed by atoms with Crippen LogP contribution in [-0.2, 0) is 16.1 Å². The molecule has 0 radical (unpaired) electrons. The Morgan fingerprint density at radius 3 is 3.05 bits per heavy atom. The van der Waals surface area contributed by atoms with Crippen molar-refractivity contribution >= 4 is 11.8 Å². The Bertz CT molecular complexity index is 529. The molecule has 1 atom stereocenters. The molecule has 2 aliphatic heterocycles. The first kappa shape index (κ1) is 12.1. The van der Waals surface area contributed by atoms with Gasteiger partial charge in [0.2, 0.25) is 11.8 Å². The van der Waals surface area contributed by atoms with Crippen molar-refractivity contribution < 1.29 is 9.59 Å². The normalized spacial score (nSPS) is 22.9. The summed E-state index contributed by atoms with van der Waals surface area (Å²) >= 11 is 0. The molecular formula is C14H17N3O2. The average Bonchev–Trinajstić information content (AvgIpc) is 2.88. The van der Waals surface area contributed by atoms with E-state index in [1.165, 1.54) is 0 Å². The van der Waals surface area contributed by atoms with Crippen molar-refractivity contribution in [2.24, 2.45) is 0 Å². The lowest BCUT2D eigenvalue weighted by Crippen LogP contribution is -2.56. The molecule has 5 nitrogen and oxygen atoms in total. The molecule has 0 spiro atoms. The molecule has 3 heterocycles. The zero-order valence-corrected chi connectivity index (χ0v) is 11.0. The summed E-state index contributed by atoms with van der Waals surface area (Å²) in [5.41, 5.74) is 2.11. The molecule has 5 heteroatoms. The summed E-state index contributed by atoms with van der Waals surface area (Å²) in [4.78, 5) is 31.9. The predicted molar refractivity (Wildman–Crippen MR) is 69.1 cm³/mol. The monoisotopic (exact) mass is 259 g/mol. The number of hydrogen-bond acceptors (Lipinski definition) is 3. The summed E-state index contributed by atoms with van der Waals surface area (Å²) in [6.07, 6.45) is 5.24. The fourth-order valence-electron chi connectivity index (χ4n) is 2.87. The van der Waals surface area contributed by atoms with Gasteiger partial charge in [-0.3, -0.25) is 14.6 Å². The summed E-state index contributed by atoms with van der Waals surface area (Å²) in [6, 6.07) is 1.70. The molecule has 1 aromatic heterocycles. The average molecular weight is 259 g/mol. The van der Waals surface area contributed by atoms with Gasteiger partial charge in [-0.25, -0.2) is 0 Å². The van der Waals surface area contributed by atoms with Crippen molar-refractivity contribution in [1.82, 2.24) is 14.8 Å². The van der Waals surface area contributed by atoms with Crippen LogP contribution in [0.1, 0.15) is 24.0 Å². The van der Waals surface area contributed by atoms with E-state index in [1.807, 2.05) is 13.0 Å². The SMILES string of the molecule is Cc1ccncc1CN1CC(=O)N2CCCC2C1=O. The van der Waals surface area contributed by atoms with E-state index in [9.17, 15) is 9.59 Å². The second kappa shape index (κ2) is 4.64. The molecule has 2 amide bonds. The van der Waals surface area contributed by atoms with E-state index < -0.39 is 0 Å². The summed E-state index contributed by atoms with van der Waals surface area (Å²) in [7, 11) is 0. The maximum absolute atomic E-state index is 12.4. The second-order valence-corrected chi connectivity index (χ2v) is 5.24. The Morgan fingerprint density at radius 2 is 2.26 bits per heavy atom. The molecule has 0 aromatic carbocycles. The minimum absolute atomic E-state index is 0.0728. The number of aryl methyl sites for hydroxylation is 1. The van der Waals surface area contributed by atoms with Gasteiger partial charge in [0.25, 0.3) is 0 Å². The fraction of sp³-hybridized carbons (Fsp3) is 0.500. The molecule has 0 bridgehead atoms. The van der Waals surface area contributed by atoms with Crippen LogP contribution in [0.2, 0.25) is 0 Å². The van der Waals surface area contributed by atoms with E-state index in [-0.39, 0.29) is 24.4 Å². The van der Waals surface area contributed by atoms with E-state index in [2.05, 4.69) is 4.98 Å². The second-order valence-electron chi connectivity index (χ2n) is 5.24. The smallest absolute Gasteiger partial charge is 0.246 e. The zero-order chi connectivity index (χ0) is 13.4. The Kier molecular flexibility index (Phi) is 2.97. The van der Waals surface area contributed by atoms with Gasteiger partial charge in [0.1, 0.15) is 12.6 Å². The van der Waals surface area contributed by atoms with E-state index in [4.69, 9.17) is 0 Å². The van der Waals surface area contributed by atoms with Crippen LogP contribution in [0.3, 0.4) is 0 Å². The number of aromatic nitrogens is 1. The van der Waals surface area contributed by atoms with Crippen LogP contribution >= 0.6 is 0 Å². The van der Waals surface area contributed by atoms with Crippen LogP contribution in [-0.4, -0.2) is 45.7 Å². The first-order chi connectivity index (χ1) is 9.16. The van der Waals surface area contributed by atoms with Crippen molar-refractivity contribution in [3.63, 3.8) is 0 Å². The van der Waals surface area contributed by atoms with Crippen molar-refractivity contribution in [3.8, 4) is 0 Å². The molecule has 2 fully saturated rings. The topological polar surface area (TPSA) is 53.5 Å². The summed E-state index contributed by atoms with van der Waals surface area (Å²) in [5.74, 6) is 0.156. The molecular weight excluding hydrogens is 242 g/mol. The van der Waals surface area contributed by atoms with Gasteiger partial charge in [0, 0.05) is 25.5 Å². The van der Waals surface area contributed by atoms with Crippen LogP contribution in [0.5, 0.6) is 0 Å². The lowest BCUT2D eigenvalue weighted by molar-refractivity contribution is -0.154. The Balaban J connectivity index is 1.80. The quantitative estimate of drug-likeness (QED) is 0.786. The number of fused-ring (bicyclic) bond motifs is 1. The molecule has 2 aliphatic rings. The Hall–Kier alpha value is -1.91. The maximum Gasteiger partial charge on any atom is 0.246 e. The predicted octanol–water partition coefficient (Wildman–Crippen LogP) is 0.723. The maximum atomic E-state index is 12.4. The van der Waals surface area contributed by atoms with E-state index in [0.29, 0.717) is 6.54 Å². The third kappa shape index (κ3) is 2.09. The zero-order valence-electron chi connectivity index (χ0n) is 11.0. The largest absolute Gasteiger partial charge is 0.329 e. The highest BCUT2D eigenvalue weighted by Gasteiger charge is 2.41. The molecule has 1 unspecified atom stereocenters. The first-order valence-electron chi connectivity index (χ1n) is 6.64. The number of carbonyl (C=O) groups is 2. The van der Waals surface area contributed by atoms with Crippen LogP contribution in [0.15, 0.2) is 18.5 Å². The highest BCUT2D eigenvalue weighted by molar-refractivity contribution is 5.95. The van der Waals surface area contributed by atoms with Gasteiger partial charge >= 0.3 is 0 Å². The third-order valence-electron chi connectivity index (χ3n) is 4.00. The van der Waals surface area contributed by atoms with Crippen LogP contribution < -0.4 is 0 Å². The molecule has 0 N–H and O–H groups in total. The summed E-state index contributed by atoms with van der Waals surface area (Å²) < 4.78 is 0. The third-order valence-corrected chi connectivity index (χ3v) is 4.00. The lowest BCUT2D eigenvalue weighted by atomic mass is 10.1. The molecule has 3 rings (SSSR count). The van der Waals surface area contributed by atoms with Crippen LogP contribution in [0.25, 0.3) is 0 Å². The van der Waals surface area contributed by atoms with Crippen molar-refractivity contribution in [2.75, 3.05) is 13.1 Å². The van der Waals surface area contributed by atoms with E-state index in [0.717, 1.165) is 30.5 Å². The number of nitrogens with zero attached hydrogens (tertiary/aromatic N) is 3. The number of hydrogen-bond donors (Lipinski definition) is 0. The summed E-state index contributed by atoms with van der Waals surface area (Å²) in [6.45, 7) is 3.41. The van der Waals surface area contributed by atoms with Gasteiger partial charge in [0.05, 0.1) is 0 Å². The Labute approximate surface area is 112 Å². The number of rotatable bonds is 2. The van der Waals surface area contributed by atoms with Crippen LogP contribution in [0.4, 0.5) is 0 Å². The van der Waals surface area contributed by atoms with E-state index >= 15 is 0 Å². The number of carbonyl (C=O) groups excluding carboxylic acids is 2. The van der Waals surface area contributed by atoms with Crippen LogP contribution in [0, 0.1) is 6.92 Å². The van der Waals surface area contributed by atoms with Gasteiger partial charge in [-0.2, -0.15) is 0 Å². The molecule has 19 heavy (non-hydrogen) atoms. The van der Waals surface area contributed by atoms with Crippen molar-refractivity contribution in [2.45, 2.75) is 32.4 Å². The van der Waals surface area contributed by atoms with Crippen molar-refractivity contribution in [3.05, 3.63) is 29.6 Å².